The molecule has 26 heavy (non-hydrogen) atoms. The molecule has 0 saturated carbocycles. The second-order valence-corrected chi connectivity index (χ2v) is 8.65. The molecule has 0 aliphatic carbocycles. The summed E-state index contributed by atoms with van der Waals surface area (Å²) in [5.74, 6) is 0. The third kappa shape index (κ3) is 5.21. The number of hydrogen-bond acceptors (Lipinski definition) is 4. The van der Waals surface area contributed by atoms with E-state index in [1.165, 1.54) is 0 Å². The number of hydrogen-bond donors (Lipinski definition) is 1. The van der Waals surface area contributed by atoms with Crippen molar-refractivity contribution in [2.45, 2.75) is 78.0 Å². The van der Waals surface area contributed by atoms with Gasteiger partial charge in [0.2, 0.25) is 0 Å². The van der Waals surface area contributed by atoms with E-state index >= 15 is 0 Å². The highest BCUT2D eigenvalue weighted by molar-refractivity contribution is 6.62. The van der Waals surface area contributed by atoms with E-state index in [2.05, 4.69) is 5.32 Å². The number of halogens is 1. The number of carbonyl (C=O) groups is 1. The number of alkyl carbamates (subject to hydrolysis) is 1. The van der Waals surface area contributed by atoms with Crippen molar-refractivity contribution in [3.63, 3.8) is 0 Å². The SMILES string of the molecule is CC(C)(C)OC(=O)NC(F)Cc1ccc(B2OC(C)(C)C(C)(C)O2)cc1. The highest BCUT2D eigenvalue weighted by atomic mass is 19.1. The minimum Gasteiger partial charge on any atom is -0.444 e. The largest absolute Gasteiger partial charge is 0.494 e. The molecular weight excluding hydrogens is 336 g/mol. The number of amides is 1. The second-order valence-electron chi connectivity index (χ2n) is 8.65. The number of ether oxygens (including phenoxy) is 1. The zero-order chi connectivity index (χ0) is 19.8. The van der Waals surface area contributed by atoms with Crippen LogP contribution in [0.3, 0.4) is 0 Å². The normalized spacial score (nSPS) is 19.9. The first-order valence-electron chi connectivity index (χ1n) is 8.87. The van der Waals surface area contributed by atoms with E-state index in [0.29, 0.717) is 0 Å². The molecule has 0 aromatic heterocycles. The first-order valence-corrected chi connectivity index (χ1v) is 8.87. The van der Waals surface area contributed by atoms with Crippen LogP contribution in [0.2, 0.25) is 0 Å². The molecule has 1 N–H and O–H groups in total. The van der Waals surface area contributed by atoms with E-state index in [4.69, 9.17) is 14.0 Å². The Morgan fingerprint density at radius 3 is 2.12 bits per heavy atom. The molecule has 0 spiro atoms. The third-order valence-electron chi connectivity index (χ3n) is 4.59. The Morgan fingerprint density at radius 1 is 1.15 bits per heavy atom. The van der Waals surface area contributed by atoms with Gasteiger partial charge in [-0.15, -0.1) is 0 Å². The van der Waals surface area contributed by atoms with Crippen LogP contribution in [0.15, 0.2) is 24.3 Å². The van der Waals surface area contributed by atoms with E-state index in [1.54, 1.807) is 20.8 Å². The molecule has 5 nitrogen and oxygen atoms in total. The molecule has 1 unspecified atom stereocenters. The van der Waals surface area contributed by atoms with Crippen LogP contribution in [-0.2, 0) is 20.5 Å². The van der Waals surface area contributed by atoms with Crippen LogP contribution in [0.5, 0.6) is 0 Å². The van der Waals surface area contributed by atoms with Crippen molar-refractivity contribution in [3.8, 4) is 0 Å². The fraction of sp³-hybridized carbons (Fsp3) is 0.632. The van der Waals surface area contributed by atoms with E-state index in [0.717, 1.165) is 11.0 Å². The lowest BCUT2D eigenvalue weighted by molar-refractivity contribution is 0.00578. The monoisotopic (exact) mass is 365 g/mol. The molecule has 1 atom stereocenters. The fourth-order valence-corrected chi connectivity index (χ4v) is 2.48. The van der Waals surface area contributed by atoms with Gasteiger partial charge in [-0.25, -0.2) is 9.18 Å². The molecule has 0 bridgehead atoms. The molecule has 1 saturated heterocycles. The van der Waals surface area contributed by atoms with Gasteiger partial charge < -0.3 is 14.0 Å². The lowest BCUT2D eigenvalue weighted by Gasteiger charge is -2.32. The summed E-state index contributed by atoms with van der Waals surface area (Å²) in [5.41, 5.74) is 0.167. The molecular formula is C19H29BFNO4. The molecule has 2 rings (SSSR count). The van der Waals surface area contributed by atoms with Crippen molar-refractivity contribution in [2.24, 2.45) is 0 Å². The molecule has 1 amide bonds. The highest BCUT2D eigenvalue weighted by Gasteiger charge is 2.51. The molecule has 1 aromatic carbocycles. The standard InChI is InChI=1S/C19H29BFNO4/c1-17(2,3)24-16(23)22-15(21)12-13-8-10-14(11-9-13)20-25-18(4,5)19(6,7)26-20/h8-11,15H,12H2,1-7H3,(H,22,23). The average molecular weight is 365 g/mol. The smallest absolute Gasteiger partial charge is 0.444 e. The van der Waals surface area contributed by atoms with Gasteiger partial charge in [0.1, 0.15) is 5.60 Å². The summed E-state index contributed by atoms with van der Waals surface area (Å²) in [6, 6.07) is 7.34. The van der Waals surface area contributed by atoms with Gasteiger partial charge in [-0.3, -0.25) is 5.32 Å². The van der Waals surface area contributed by atoms with Crippen LogP contribution in [-0.4, -0.2) is 36.3 Å². The van der Waals surface area contributed by atoms with E-state index in [9.17, 15) is 9.18 Å². The van der Waals surface area contributed by atoms with Crippen LogP contribution >= 0.6 is 0 Å². The summed E-state index contributed by atoms with van der Waals surface area (Å²) < 4.78 is 31.1. The van der Waals surface area contributed by atoms with Crippen LogP contribution in [0.25, 0.3) is 0 Å². The maximum atomic E-state index is 14.1. The number of nitrogens with one attached hydrogen (secondary N) is 1. The maximum Gasteiger partial charge on any atom is 0.494 e. The number of alkyl halides is 1. The lowest BCUT2D eigenvalue weighted by atomic mass is 9.79. The summed E-state index contributed by atoms with van der Waals surface area (Å²) in [4.78, 5) is 11.6. The summed E-state index contributed by atoms with van der Waals surface area (Å²) in [6.45, 7) is 13.2. The molecule has 144 valence electrons. The van der Waals surface area contributed by atoms with Crippen molar-refractivity contribution in [3.05, 3.63) is 29.8 Å². The summed E-state index contributed by atoms with van der Waals surface area (Å²) in [7, 11) is -0.449. The molecule has 1 aromatic rings. The molecule has 7 heteroatoms. The fourth-order valence-electron chi connectivity index (χ4n) is 2.48. The van der Waals surface area contributed by atoms with E-state index in [1.807, 2.05) is 52.0 Å². The van der Waals surface area contributed by atoms with Crippen molar-refractivity contribution in [1.82, 2.24) is 5.32 Å². The van der Waals surface area contributed by atoms with E-state index < -0.39 is 36.3 Å². The van der Waals surface area contributed by atoms with Gasteiger partial charge in [-0.2, -0.15) is 0 Å². The first kappa shape index (κ1) is 20.7. The maximum absolute atomic E-state index is 14.1. The Labute approximate surface area is 155 Å². The predicted molar refractivity (Wildman–Crippen MR) is 100 cm³/mol. The van der Waals surface area contributed by atoms with Gasteiger partial charge in [-0.05, 0) is 59.5 Å². The zero-order valence-corrected chi connectivity index (χ0v) is 16.7. The number of carbonyl (C=O) groups excluding carboxylic acids is 1. The molecule has 0 radical (unpaired) electrons. The molecule has 1 heterocycles. The quantitative estimate of drug-likeness (QED) is 0.657. The molecule has 1 aliphatic rings. The lowest BCUT2D eigenvalue weighted by Crippen LogP contribution is -2.41. The Hall–Kier alpha value is -1.60. The average Bonchev–Trinajstić information content (AvgIpc) is 2.65. The minimum atomic E-state index is -1.52. The summed E-state index contributed by atoms with van der Waals surface area (Å²) >= 11 is 0. The van der Waals surface area contributed by atoms with Crippen LogP contribution in [0, 0.1) is 0 Å². The number of benzene rings is 1. The van der Waals surface area contributed by atoms with Gasteiger partial charge >= 0.3 is 13.2 Å². The minimum absolute atomic E-state index is 0.0584. The Bertz CT molecular complexity index is 624. The van der Waals surface area contributed by atoms with Crippen molar-refractivity contribution < 1.29 is 23.2 Å². The van der Waals surface area contributed by atoms with Gasteiger partial charge in [0.05, 0.1) is 11.2 Å². The van der Waals surface area contributed by atoms with Crippen molar-refractivity contribution in [1.29, 1.82) is 0 Å². The Morgan fingerprint density at radius 2 is 1.65 bits per heavy atom. The zero-order valence-electron chi connectivity index (χ0n) is 16.7. The summed E-state index contributed by atoms with van der Waals surface area (Å²) in [5, 5.41) is 2.20. The third-order valence-corrected chi connectivity index (χ3v) is 4.59. The topological polar surface area (TPSA) is 56.8 Å². The van der Waals surface area contributed by atoms with Crippen LogP contribution in [0.4, 0.5) is 9.18 Å². The Kier molecular flexibility index (Phi) is 5.73. The first-order chi connectivity index (χ1) is 11.8. The molecule has 1 fully saturated rings. The molecule has 1 aliphatic heterocycles. The summed E-state index contributed by atoms with van der Waals surface area (Å²) in [6.07, 6.45) is -2.23. The van der Waals surface area contributed by atoms with E-state index in [-0.39, 0.29) is 6.42 Å². The highest BCUT2D eigenvalue weighted by Crippen LogP contribution is 2.36. The van der Waals surface area contributed by atoms with Gasteiger partial charge in [-0.1, -0.05) is 24.3 Å². The van der Waals surface area contributed by atoms with Gasteiger partial charge in [0.15, 0.2) is 6.30 Å². The number of rotatable bonds is 4. The second kappa shape index (κ2) is 7.20. The van der Waals surface area contributed by atoms with Crippen LogP contribution in [0.1, 0.15) is 54.0 Å². The van der Waals surface area contributed by atoms with Crippen LogP contribution < -0.4 is 10.8 Å². The predicted octanol–water partition coefficient (Wildman–Crippen LogP) is 3.35. The Balaban J connectivity index is 1.93. The van der Waals surface area contributed by atoms with Crippen molar-refractivity contribution >= 4 is 18.7 Å². The van der Waals surface area contributed by atoms with Crippen molar-refractivity contribution in [2.75, 3.05) is 0 Å². The van der Waals surface area contributed by atoms with Gasteiger partial charge in [0, 0.05) is 6.42 Å². The van der Waals surface area contributed by atoms with Gasteiger partial charge in [0.25, 0.3) is 0 Å².